The fourth-order valence-electron chi connectivity index (χ4n) is 4.51. The van der Waals surface area contributed by atoms with E-state index in [1.165, 1.54) is 58.7 Å². The second kappa shape index (κ2) is 9.89. The molecule has 1 aliphatic rings. The van der Waals surface area contributed by atoms with Crippen molar-refractivity contribution in [1.29, 1.82) is 0 Å². The first kappa shape index (κ1) is 21.9. The van der Waals surface area contributed by atoms with Crippen LogP contribution in [0.2, 0.25) is 0 Å². The molecule has 0 amide bonds. The quantitative estimate of drug-likeness (QED) is 0.187. The molecule has 2 aromatic heterocycles. The van der Waals surface area contributed by atoms with Gasteiger partial charge in [0.25, 0.3) is 0 Å². The van der Waals surface area contributed by atoms with Gasteiger partial charge in [0.15, 0.2) is 10.9 Å². The van der Waals surface area contributed by atoms with Crippen molar-refractivity contribution in [2.45, 2.75) is 49.7 Å². The fourth-order valence-corrected chi connectivity index (χ4v) is 6.84. The van der Waals surface area contributed by atoms with Gasteiger partial charge in [0.2, 0.25) is 0 Å². The molecule has 164 valence electrons. The molecule has 4 nitrogen and oxygen atoms in total. The van der Waals surface area contributed by atoms with Gasteiger partial charge in [0, 0.05) is 12.5 Å². The third-order valence-electron chi connectivity index (χ3n) is 6.08. The molecule has 32 heavy (non-hydrogen) atoms. The van der Waals surface area contributed by atoms with Gasteiger partial charge in [0.1, 0.15) is 5.82 Å². The number of carbonyl (C=O) groups is 1. The van der Waals surface area contributed by atoms with E-state index in [1.54, 1.807) is 0 Å². The number of fused-ring (bicyclic) bond motifs is 1. The molecule has 7 heteroatoms. The molecule has 0 radical (unpaired) electrons. The minimum atomic E-state index is 0.138. The van der Waals surface area contributed by atoms with Crippen LogP contribution in [0, 0.1) is 0 Å². The van der Waals surface area contributed by atoms with Crippen LogP contribution in [0.4, 0.5) is 0 Å². The van der Waals surface area contributed by atoms with Gasteiger partial charge >= 0.3 is 0 Å². The summed E-state index contributed by atoms with van der Waals surface area (Å²) >= 11 is 6.45. The molecule has 1 aliphatic carbocycles. The lowest BCUT2D eigenvalue weighted by atomic mass is 9.95. The van der Waals surface area contributed by atoms with E-state index < -0.39 is 0 Å². The second-order valence-corrected chi connectivity index (χ2v) is 11.6. The molecule has 1 saturated carbocycles. The Morgan fingerprint density at radius 3 is 2.66 bits per heavy atom. The van der Waals surface area contributed by atoms with Gasteiger partial charge < -0.3 is 4.57 Å². The summed E-state index contributed by atoms with van der Waals surface area (Å²) in [6.07, 6.45) is 6.83. The van der Waals surface area contributed by atoms with Crippen molar-refractivity contribution in [3.63, 3.8) is 0 Å². The first-order valence-corrected chi connectivity index (χ1v) is 13.6. The SMILES string of the molecule is O=C(CSc1nnc(Cc2cccc3ccccc23)n1C1CCCCC1)c1ccc(Br)s1. The van der Waals surface area contributed by atoms with E-state index in [2.05, 4.69) is 73.2 Å². The van der Waals surface area contributed by atoms with Gasteiger partial charge in [-0.05, 0) is 57.2 Å². The van der Waals surface area contributed by atoms with Crippen LogP contribution in [0.1, 0.15) is 59.2 Å². The Morgan fingerprint density at radius 2 is 1.84 bits per heavy atom. The molecule has 0 bridgehead atoms. The van der Waals surface area contributed by atoms with Crippen LogP contribution in [-0.4, -0.2) is 26.3 Å². The van der Waals surface area contributed by atoms with Crippen LogP contribution in [-0.2, 0) is 6.42 Å². The summed E-state index contributed by atoms with van der Waals surface area (Å²) in [5, 5.41) is 12.6. The van der Waals surface area contributed by atoms with Crippen LogP contribution in [0.5, 0.6) is 0 Å². The number of thiophene rings is 1. The molecule has 5 rings (SSSR count). The Kier molecular flexibility index (Phi) is 6.76. The molecule has 0 saturated heterocycles. The summed E-state index contributed by atoms with van der Waals surface area (Å²) in [4.78, 5) is 13.5. The molecule has 1 fully saturated rings. The van der Waals surface area contributed by atoms with Crippen molar-refractivity contribution < 1.29 is 4.79 Å². The van der Waals surface area contributed by atoms with Crippen molar-refractivity contribution in [1.82, 2.24) is 14.8 Å². The molecule has 0 atom stereocenters. The van der Waals surface area contributed by atoms with Crippen molar-refractivity contribution >= 4 is 55.6 Å². The van der Waals surface area contributed by atoms with Crippen molar-refractivity contribution in [3.05, 3.63) is 74.6 Å². The number of nitrogens with zero attached hydrogens (tertiary/aromatic N) is 3. The zero-order valence-electron chi connectivity index (χ0n) is 17.7. The highest BCUT2D eigenvalue weighted by Crippen LogP contribution is 2.34. The van der Waals surface area contributed by atoms with Crippen LogP contribution < -0.4 is 0 Å². The largest absolute Gasteiger partial charge is 0.303 e. The number of carbonyl (C=O) groups excluding carboxylic acids is 1. The number of rotatable bonds is 7. The summed E-state index contributed by atoms with van der Waals surface area (Å²) in [6, 6.07) is 19.2. The molecular weight excluding hydrogens is 502 g/mol. The highest BCUT2D eigenvalue weighted by atomic mass is 79.9. The maximum Gasteiger partial charge on any atom is 0.191 e. The van der Waals surface area contributed by atoms with Gasteiger partial charge in [-0.2, -0.15) is 0 Å². The standard InChI is InChI=1S/C25H24BrN3OS2/c26-23-14-13-22(32-23)21(30)16-31-25-28-27-24(29(25)19-10-2-1-3-11-19)15-18-9-6-8-17-7-4-5-12-20(17)18/h4-9,12-14,19H,1-3,10-11,15-16H2. The smallest absolute Gasteiger partial charge is 0.191 e. The van der Waals surface area contributed by atoms with Gasteiger partial charge in [-0.3, -0.25) is 4.79 Å². The van der Waals surface area contributed by atoms with E-state index in [0.29, 0.717) is 11.8 Å². The van der Waals surface area contributed by atoms with Crippen LogP contribution in [0.3, 0.4) is 0 Å². The Hall–Kier alpha value is -1.96. The zero-order chi connectivity index (χ0) is 21.9. The predicted octanol–water partition coefficient (Wildman–Crippen LogP) is 7.33. The van der Waals surface area contributed by atoms with E-state index >= 15 is 0 Å². The zero-order valence-corrected chi connectivity index (χ0v) is 20.9. The third-order valence-corrected chi connectivity index (χ3v) is 8.69. The minimum absolute atomic E-state index is 0.138. The number of hydrogen-bond acceptors (Lipinski definition) is 5. The lowest BCUT2D eigenvalue weighted by Crippen LogP contribution is -2.17. The average Bonchev–Trinajstić information content (AvgIpc) is 3.44. The van der Waals surface area contributed by atoms with Gasteiger partial charge in [-0.1, -0.05) is 73.5 Å². The predicted molar refractivity (Wildman–Crippen MR) is 136 cm³/mol. The van der Waals surface area contributed by atoms with Gasteiger partial charge in [0.05, 0.1) is 14.4 Å². The topological polar surface area (TPSA) is 47.8 Å². The normalized spacial score (nSPS) is 14.8. The number of hydrogen-bond donors (Lipinski definition) is 0. The average molecular weight is 527 g/mol. The van der Waals surface area contributed by atoms with Crippen LogP contribution >= 0.6 is 39.0 Å². The molecule has 0 aliphatic heterocycles. The molecule has 2 heterocycles. The Balaban J connectivity index is 1.43. The molecule has 0 unspecified atom stereocenters. The molecular formula is C25H24BrN3OS2. The highest BCUT2D eigenvalue weighted by Gasteiger charge is 2.24. The van der Waals surface area contributed by atoms with Crippen LogP contribution in [0.15, 0.2) is 63.5 Å². The van der Waals surface area contributed by atoms with E-state index in [1.807, 2.05) is 12.1 Å². The van der Waals surface area contributed by atoms with Gasteiger partial charge in [-0.15, -0.1) is 21.5 Å². The van der Waals surface area contributed by atoms with E-state index in [-0.39, 0.29) is 5.78 Å². The number of halogens is 1. The highest BCUT2D eigenvalue weighted by molar-refractivity contribution is 9.11. The van der Waals surface area contributed by atoms with Gasteiger partial charge in [-0.25, -0.2) is 0 Å². The summed E-state index contributed by atoms with van der Waals surface area (Å²) in [6.45, 7) is 0. The first-order valence-electron chi connectivity index (χ1n) is 11.0. The number of benzene rings is 2. The summed E-state index contributed by atoms with van der Waals surface area (Å²) < 4.78 is 3.32. The Morgan fingerprint density at radius 1 is 1.03 bits per heavy atom. The summed E-state index contributed by atoms with van der Waals surface area (Å²) in [5.41, 5.74) is 1.27. The molecule has 0 N–H and O–H groups in total. The number of Topliss-reactive ketones (excluding diaryl/α,β-unsaturated/α-hetero) is 1. The molecule has 4 aromatic rings. The maximum atomic E-state index is 12.7. The third kappa shape index (κ3) is 4.70. The monoisotopic (exact) mass is 525 g/mol. The first-order chi connectivity index (χ1) is 15.7. The minimum Gasteiger partial charge on any atom is -0.303 e. The van der Waals surface area contributed by atoms with E-state index in [0.717, 1.165) is 38.9 Å². The number of thioether (sulfide) groups is 1. The Bertz CT molecular complexity index is 1240. The lowest BCUT2D eigenvalue weighted by molar-refractivity contribution is 0.102. The second-order valence-electron chi connectivity index (χ2n) is 8.19. The summed E-state index contributed by atoms with van der Waals surface area (Å²) in [7, 11) is 0. The van der Waals surface area contributed by atoms with Crippen molar-refractivity contribution in [2.75, 3.05) is 5.75 Å². The van der Waals surface area contributed by atoms with Crippen molar-refractivity contribution in [3.8, 4) is 0 Å². The molecule has 2 aromatic carbocycles. The van der Waals surface area contributed by atoms with Crippen molar-refractivity contribution in [2.24, 2.45) is 0 Å². The summed E-state index contributed by atoms with van der Waals surface area (Å²) in [5.74, 6) is 1.52. The number of aromatic nitrogens is 3. The maximum absolute atomic E-state index is 12.7. The van der Waals surface area contributed by atoms with Crippen LogP contribution in [0.25, 0.3) is 10.8 Å². The number of ketones is 1. The molecule has 0 spiro atoms. The van der Waals surface area contributed by atoms with E-state index in [4.69, 9.17) is 0 Å². The lowest BCUT2D eigenvalue weighted by Gasteiger charge is -2.25. The fraction of sp³-hybridized carbons (Fsp3) is 0.320. The van der Waals surface area contributed by atoms with E-state index in [9.17, 15) is 4.79 Å². The Labute approximate surface area is 204 Å².